The van der Waals surface area contributed by atoms with E-state index in [0.717, 1.165) is 5.56 Å². The Kier molecular flexibility index (Phi) is 6.82. The molecule has 0 atom stereocenters. The van der Waals surface area contributed by atoms with Crippen LogP contribution in [0.15, 0.2) is 18.2 Å². The van der Waals surface area contributed by atoms with Gasteiger partial charge in [0.15, 0.2) is 6.61 Å². The molecule has 4 nitrogen and oxygen atoms in total. The van der Waals surface area contributed by atoms with Gasteiger partial charge in [-0.05, 0) is 25.1 Å². The van der Waals surface area contributed by atoms with Gasteiger partial charge in [-0.25, -0.2) is 0 Å². The van der Waals surface area contributed by atoms with Gasteiger partial charge in [-0.2, -0.15) is 0 Å². The molecule has 0 aliphatic heterocycles. The monoisotopic (exact) mass is 298 g/mol. The molecule has 0 fully saturated rings. The second-order valence-electron chi connectivity index (χ2n) is 4.98. The zero-order valence-electron chi connectivity index (χ0n) is 12.6. The van der Waals surface area contributed by atoms with Crippen LogP contribution in [0.5, 0.6) is 5.75 Å². The van der Waals surface area contributed by atoms with Crippen molar-refractivity contribution in [2.45, 2.75) is 33.4 Å². The van der Waals surface area contributed by atoms with Crippen molar-refractivity contribution in [3.05, 3.63) is 28.8 Å². The van der Waals surface area contributed by atoms with Gasteiger partial charge in [-0.3, -0.25) is 4.79 Å². The number of carbonyl (C=O) groups excluding carboxylic acids is 1. The molecule has 112 valence electrons. The van der Waals surface area contributed by atoms with Gasteiger partial charge >= 0.3 is 0 Å². The van der Waals surface area contributed by atoms with Gasteiger partial charge in [-0.1, -0.05) is 25.4 Å². The molecule has 1 N–H and O–H groups in total. The van der Waals surface area contributed by atoms with Crippen LogP contribution in [0.1, 0.15) is 26.3 Å². The lowest BCUT2D eigenvalue weighted by Gasteiger charge is -2.17. The van der Waals surface area contributed by atoms with Crippen LogP contribution < -0.4 is 10.1 Å². The van der Waals surface area contributed by atoms with Crippen molar-refractivity contribution in [2.24, 2.45) is 0 Å². The molecule has 0 heterocycles. The standard InChI is InChI=1S/C15H23ClN2O2/c1-5-18(4)15(19)10-20-14-7-6-13(16)8-12(14)9-17-11(2)3/h6-8,11,17H,5,9-10H2,1-4H3. The smallest absolute Gasteiger partial charge is 0.260 e. The number of nitrogens with one attached hydrogen (secondary N) is 1. The van der Waals surface area contributed by atoms with Crippen LogP contribution in [0.2, 0.25) is 5.02 Å². The second-order valence-corrected chi connectivity index (χ2v) is 5.42. The molecule has 1 rings (SSSR count). The van der Waals surface area contributed by atoms with Crippen molar-refractivity contribution >= 4 is 17.5 Å². The maximum absolute atomic E-state index is 11.8. The van der Waals surface area contributed by atoms with Crippen molar-refractivity contribution in [1.82, 2.24) is 10.2 Å². The fourth-order valence-electron chi connectivity index (χ4n) is 1.57. The molecule has 0 aliphatic carbocycles. The normalized spacial score (nSPS) is 10.7. The zero-order valence-corrected chi connectivity index (χ0v) is 13.3. The predicted octanol–water partition coefficient (Wildman–Crippen LogP) is 2.70. The highest BCUT2D eigenvalue weighted by Crippen LogP contribution is 2.23. The SMILES string of the molecule is CCN(C)C(=O)COc1ccc(Cl)cc1CNC(C)C. The largest absolute Gasteiger partial charge is 0.483 e. The highest BCUT2D eigenvalue weighted by Gasteiger charge is 2.10. The first-order valence-corrected chi connectivity index (χ1v) is 7.20. The Morgan fingerprint density at radius 1 is 1.45 bits per heavy atom. The lowest BCUT2D eigenvalue weighted by molar-refractivity contribution is -0.131. The summed E-state index contributed by atoms with van der Waals surface area (Å²) in [7, 11) is 1.76. The number of nitrogens with zero attached hydrogens (tertiary/aromatic N) is 1. The minimum absolute atomic E-state index is 0.0368. The summed E-state index contributed by atoms with van der Waals surface area (Å²) < 4.78 is 5.62. The minimum Gasteiger partial charge on any atom is -0.483 e. The van der Waals surface area contributed by atoms with E-state index in [2.05, 4.69) is 19.2 Å². The van der Waals surface area contributed by atoms with E-state index >= 15 is 0 Å². The summed E-state index contributed by atoms with van der Waals surface area (Å²) in [4.78, 5) is 13.4. The Morgan fingerprint density at radius 3 is 2.75 bits per heavy atom. The van der Waals surface area contributed by atoms with E-state index in [0.29, 0.717) is 29.9 Å². The van der Waals surface area contributed by atoms with Crippen molar-refractivity contribution in [3.63, 3.8) is 0 Å². The Morgan fingerprint density at radius 2 is 2.15 bits per heavy atom. The van der Waals surface area contributed by atoms with E-state index in [1.165, 1.54) is 0 Å². The number of halogens is 1. The van der Waals surface area contributed by atoms with Gasteiger partial charge in [0, 0.05) is 36.8 Å². The third-order valence-electron chi connectivity index (χ3n) is 2.97. The molecule has 5 heteroatoms. The summed E-state index contributed by atoms with van der Waals surface area (Å²) in [5.41, 5.74) is 0.957. The first-order chi connectivity index (χ1) is 9.43. The van der Waals surface area contributed by atoms with Gasteiger partial charge in [-0.15, -0.1) is 0 Å². The topological polar surface area (TPSA) is 41.6 Å². The molecule has 0 saturated heterocycles. The van der Waals surface area contributed by atoms with Crippen LogP contribution in [0.3, 0.4) is 0 Å². The van der Waals surface area contributed by atoms with Crippen LogP contribution >= 0.6 is 11.6 Å². The third kappa shape index (κ3) is 5.39. The summed E-state index contributed by atoms with van der Waals surface area (Å²) in [6.45, 7) is 7.45. The van der Waals surface area contributed by atoms with Crippen LogP contribution in [0.4, 0.5) is 0 Å². The van der Waals surface area contributed by atoms with Crippen LogP contribution in [-0.4, -0.2) is 37.0 Å². The van der Waals surface area contributed by atoms with Crippen LogP contribution in [0.25, 0.3) is 0 Å². The molecule has 0 bridgehead atoms. The Hall–Kier alpha value is -1.26. The van der Waals surface area contributed by atoms with E-state index in [1.807, 2.05) is 13.0 Å². The quantitative estimate of drug-likeness (QED) is 0.841. The summed E-state index contributed by atoms with van der Waals surface area (Å²) in [6, 6.07) is 5.80. The van der Waals surface area contributed by atoms with Crippen molar-refractivity contribution < 1.29 is 9.53 Å². The van der Waals surface area contributed by atoms with E-state index in [1.54, 1.807) is 24.1 Å². The number of hydrogen-bond acceptors (Lipinski definition) is 3. The number of ether oxygens (including phenoxy) is 1. The summed E-state index contributed by atoms with van der Waals surface area (Å²) in [6.07, 6.45) is 0. The van der Waals surface area contributed by atoms with Crippen molar-refractivity contribution in [2.75, 3.05) is 20.2 Å². The van der Waals surface area contributed by atoms with Crippen LogP contribution in [0, 0.1) is 0 Å². The molecule has 0 unspecified atom stereocenters. The van der Waals surface area contributed by atoms with E-state index < -0.39 is 0 Å². The van der Waals surface area contributed by atoms with Crippen LogP contribution in [-0.2, 0) is 11.3 Å². The van der Waals surface area contributed by atoms with E-state index in [-0.39, 0.29) is 12.5 Å². The van der Waals surface area contributed by atoms with E-state index in [9.17, 15) is 4.79 Å². The number of rotatable bonds is 7. The molecule has 1 amide bonds. The molecule has 0 aromatic heterocycles. The average Bonchev–Trinajstić information content (AvgIpc) is 2.42. The number of hydrogen-bond donors (Lipinski definition) is 1. The second kappa shape index (κ2) is 8.12. The Labute approximate surface area is 126 Å². The third-order valence-corrected chi connectivity index (χ3v) is 3.21. The average molecular weight is 299 g/mol. The summed E-state index contributed by atoms with van der Waals surface area (Å²) in [5.74, 6) is 0.658. The van der Waals surface area contributed by atoms with Crippen molar-refractivity contribution in [1.29, 1.82) is 0 Å². The molecule has 1 aromatic carbocycles. The Bertz CT molecular complexity index is 449. The zero-order chi connectivity index (χ0) is 15.1. The molecule has 1 aromatic rings. The molecular formula is C15H23ClN2O2. The predicted molar refractivity (Wildman–Crippen MR) is 82.2 cm³/mol. The number of likely N-dealkylation sites (N-methyl/N-ethyl adjacent to an activating group) is 1. The maximum atomic E-state index is 11.8. The molecule has 0 aliphatic rings. The fraction of sp³-hybridized carbons (Fsp3) is 0.533. The van der Waals surface area contributed by atoms with Gasteiger partial charge in [0.25, 0.3) is 5.91 Å². The number of benzene rings is 1. The molecule has 0 saturated carbocycles. The van der Waals surface area contributed by atoms with Gasteiger partial charge < -0.3 is 15.0 Å². The van der Waals surface area contributed by atoms with E-state index in [4.69, 9.17) is 16.3 Å². The maximum Gasteiger partial charge on any atom is 0.260 e. The lowest BCUT2D eigenvalue weighted by Crippen LogP contribution is -2.31. The minimum atomic E-state index is -0.0368. The lowest BCUT2D eigenvalue weighted by atomic mass is 10.2. The summed E-state index contributed by atoms with van der Waals surface area (Å²) >= 11 is 6.01. The fourth-order valence-corrected chi connectivity index (χ4v) is 1.76. The van der Waals surface area contributed by atoms with Crippen molar-refractivity contribution in [3.8, 4) is 5.75 Å². The first kappa shape index (κ1) is 16.8. The molecule has 0 spiro atoms. The number of carbonyl (C=O) groups is 1. The molecule has 0 radical (unpaired) electrons. The Balaban J connectivity index is 2.71. The molecular weight excluding hydrogens is 276 g/mol. The van der Waals surface area contributed by atoms with Gasteiger partial charge in [0.2, 0.25) is 0 Å². The van der Waals surface area contributed by atoms with Gasteiger partial charge in [0.1, 0.15) is 5.75 Å². The highest BCUT2D eigenvalue weighted by atomic mass is 35.5. The molecule has 20 heavy (non-hydrogen) atoms. The highest BCUT2D eigenvalue weighted by molar-refractivity contribution is 6.30. The van der Waals surface area contributed by atoms with Gasteiger partial charge in [0.05, 0.1) is 0 Å². The number of amides is 1. The summed E-state index contributed by atoms with van der Waals surface area (Å²) in [5, 5.41) is 3.98. The first-order valence-electron chi connectivity index (χ1n) is 6.82.